The summed E-state index contributed by atoms with van der Waals surface area (Å²) in [4.78, 5) is 1.73. The number of aliphatic hydroxyl groups excluding tert-OH is 2. The molecule has 3 aromatic rings. The van der Waals surface area contributed by atoms with Crippen molar-refractivity contribution in [2.24, 2.45) is 0 Å². The molecular weight excluding hydrogens is 296 g/mol. The minimum absolute atomic E-state index is 0.598. The topological polar surface area (TPSA) is 40.5 Å². The molecule has 98 valence electrons. The fourth-order valence-corrected chi connectivity index (χ4v) is 4.25. The second-order valence-corrected chi connectivity index (χ2v) is 6.87. The molecule has 0 amide bonds. The minimum atomic E-state index is -0.598. The molecule has 0 radical (unpaired) electrons. The van der Waals surface area contributed by atoms with Gasteiger partial charge in [0.1, 0.15) is 12.2 Å². The van der Waals surface area contributed by atoms with E-state index in [0.717, 1.165) is 20.9 Å². The van der Waals surface area contributed by atoms with Gasteiger partial charge in [-0.2, -0.15) is 22.7 Å². The summed E-state index contributed by atoms with van der Waals surface area (Å²) in [7, 11) is 0. The van der Waals surface area contributed by atoms with Gasteiger partial charge < -0.3 is 10.2 Å². The zero-order chi connectivity index (χ0) is 13.2. The van der Waals surface area contributed by atoms with Gasteiger partial charge in [0.2, 0.25) is 0 Å². The molecule has 2 N–H and O–H groups in total. The number of aliphatic hydroxyl groups is 2. The number of hydrogen-bond donors (Lipinski definition) is 2. The first-order valence-electron chi connectivity index (χ1n) is 5.75. The van der Waals surface area contributed by atoms with Gasteiger partial charge in [-0.1, -0.05) is 0 Å². The summed E-state index contributed by atoms with van der Waals surface area (Å²) in [6.07, 6.45) is -1.20. The van der Waals surface area contributed by atoms with Crippen molar-refractivity contribution in [2.45, 2.75) is 12.2 Å². The van der Waals surface area contributed by atoms with E-state index in [1.165, 1.54) is 11.3 Å². The predicted molar refractivity (Wildman–Crippen MR) is 81.1 cm³/mol. The molecule has 0 fully saturated rings. The Balaban J connectivity index is 1.83. The maximum absolute atomic E-state index is 10.2. The van der Waals surface area contributed by atoms with Gasteiger partial charge >= 0.3 is 0 Å². The van der Waals surface area contributed by atoms with Crippen molar-refractivity contribution in [3.05, 3.63) is 66.7 Å². The van der Waals surface area contributed by atoms with Gasteiger partial charge in [0.05, 0.1) is 0 Å². The van der Waals surface area contributed by atoms with Crippen molar-refractivity contribution in [2.75, 3.05) is 0 Å². The molecule has 0 bridgehead atoms. The zero-order valence-corrected chi connectivity index (χ0v) is 12.3. The maximum atomic E-state index is 10.2. The first-order valence-corrected chi connectivity index (χ1v) is 8.46. The summed E-state index contributed by atoms with van der Waals surface area (Å²) in [5, 5.41) is 28.3. The Morgan fingerprint density at radius 1 is 0.737 bits per heavy atom. The summed E-state index contributed by atoms with van der Waals surface area (Å²) in [5.41, 5.74) is 1.81. The van der Waals surface area contributed by atoms with Crippen LogP contribution in [0, 0.1) is 0 Å². The Hall–Kier alpha value is -0.980. The highest BCUT2D eigenvalue weighted by molar-refractivity contribution is 7.12. The van der Waals surface area contributed by atoms with Gasteiger partial charge in [0, 0.05) is 9.75 Å². The third kappa shape index (κ3) is 2.66. The molecule has 0 saturated heterocycles. The fourth-order valence-electron chi connectivity index (χ4n) is 1.85. The van der Waals surface area contributed by atoms with Gasteiger partial charge in [-0.25, -0.2) is 0 Å². The van der Waals surface area contributed by atoms with E-state index < -0.39 is 12.2 Å². The van der Waals surface area contributed by atoms with Crippen LogP contribution in [0.15, 0.2) is 45.8 Å². The van der Waals surface area contributed by atoms with Crippen LogP contribution in [-0.2, 0) is 0 Å². The van der Waals surface area contributed by atoms with Crippen LogP contribution < -0.4 is 0 Å². The summed E-state index contributed by atoms with van der Waals surface area (Å²) in [6.45, 7) is 0. The van der Waals surface area contributed by atoms with Crippen LogP contribution in [0.4, 0.5) is 0 Å². The molecule has 0 aromatic carbocycles. The molecule has 0 aliphatic rings. The molecule has 0 spiro atoms. The van der Waals surface area contributed by atoms with Crippen LogP contribution in [0.3, 0.4) is 0 Å². The summed E-state index contributed by atoms with van der Waals surface area (Å²) in [5.74, 6) is 0. The van der Waals surface area contributed by atoms with E-state index in [4.69, 9.17) is 0 Å². The van der Waals surface area contributed by atoms with Crippen molar-refractivity contribution in [3.63, 3.8) is 0 Å². The molecule has 2 unspecified atom stereocenters. The van der Waals surface area contributed by atoms with E-state index in [-0.39, 0.29) is 0 Å². The van der Waals surface area contributed by atoms with Gasteiger partial charge in [-0.3, -0.25) is 0 Å². The van der Waals surface area contributed by atoms with Gasteiger partial charge in [0.25, 0.3) is 0 Å². The Labute approximate surface area is 123 Å². The second kappa shape index (κ2) is 5.56. The van der Waals surface area contributed by atoms with Crippen LogP contribution in [0.2, 0.25) is 0 Å². The molecular formula is C14H12O2S3. The Kier molecular flexibility index (Phi) is 3.81. The van der Waals surface area contributed by atoms with Crippen LogP contribution in [0.1, 0.15) is 33.1 Å². The Bertz CT molecular complexity index is 571. The molecule has 2 nitrogen and oxygen atoms in total. The summed E-state index contributed by atoms with van der Waals surface area (Å²) >= 11 is 4.60. The molecule has 3 rings (SSSR count). The third-order valence-electron chi connectivity index (χ3n) is 2.90. The Morgan fingerprint density at radius 3 is 1.58 bits per heavy atom. The third-order valence-corrected chi connectivity index (χ3v) is 5.50. The number of thiophene rings is 3. The highest BCUT2D eigenvalue weighted by Crippen LogP contribution is 2.34. The molecule has 5 heteroatoms. The van der Waals surface area contributed by atoms with Crippen molar-refractivity contribution >= 4 is 34.0 Å². The number of rotatable bonds is 4. The van der Waals surface area contributed by atoms with Crippen molar-refractivity contribution < 1.29 is 10.2 Å². The van der Waals surface area contributed by atoms with Gasteiger partial charge in [-0.15, -0.1) is 11.3 Å². The van der Waals surface area contributed by atoms with Crippen LogP contribution >= 0.6 is 34.0 Å². The predicted octanol–water partition coefficient (Wildman–Crippen LogP) is 4.03. The van der Waals surface area contributed by atoms with E-state index in [0.29, 0.717) is 0 Å². The van der Waals surface area contributed by atoms with Crippen LogP contribution in [0.5, 0.6) is 0 Å². The van der Waals surface area contributed by atoms with Crippen LogP contribution in [-0.4, -0.2) is 10.2 Å². The standard InChI is InChI=1S/C14H12O2S3/c15-13(9-3-5-17-7-9)11-1-2-12(19-11)14(16)10-4-6-18-8-10/h1-8,13-16H. The van der Waals surface area contributed by atoms with Crippen molar-refractivity contribution in [1.29, 1.82) is 0 Å². The van der Waals surface area contributed by atoms with Gasteiger partial charge in [-0.05, 0) is 56.9 Å². The quantitative estimate of drug-likeness (QED) is 0.764. The molecule has 3 heterocycles. The largest absolute Gasteiger partial charge is 0.383 e. The monoisotopic (exact) mass is 308 g/mol. The zero-order valence-electron chi connectivity index (χ0n) is 9.89. The maximum Gasteiger partial charge on any atom is 0.114 e. The Morgan fingerprint density at radius 2 is 1.21 bits per heavy atom. The van der Waals surface area contributed by atoms with E-state index >= 15 is 0 Å². The smallest absolute Gasteiger partial charge is 0.114 e. The number of hydrogen-bond acceptors (Lipinski definition) is 5. The summed E-state index contributed by atoms with van der Waals surface area (Å²) in [6, 6.07) is 7.61. The van der Waals surface area contributed by atoms with Crippen LogP contribution in [0.25, 0.3) is 0 Å². The average molecular weight is 308 g/mol. The average Bonchev–Trinajstić information content (AvgIpc) is 3.16. The highest BCUT2D eigenvalue weighted by atomic mass is 32.1. The molecule has 0 aliphatic carbocycles. The molecule has 0 aliphatic heterocycles. The highest BCUT2D eigenvalue weighted by Gasteiger charge is 2.17. The van der Waals surface area contributed by atoms with E-state index in [1.807, 2.05) is 45.8 Å². The second-order valence-electron chi connectivity index (χ2n) is 4.16. The lowest BCUT2D eigenvalue weighted by Crippen LogP contribution is -1.95. The normalized spacial score (nSPS) is 14.4. The molecule has 2 atom stereocenters. The first-order chi connectivity index (χ1) is 9.25. The van der Waals surface area contributed by atoms with Gasteiger partial charge in [0.15, 0.2) is 0 Å². The van der Waals surface area contributed by atoms with Crippen molar-refractivity contribution in [3.8, 4) is 0 Å². The minimum Gasteiger partial charge on any atom is -0.383 e. The SMILES string of the molecule is OC(c1ccsc1)c1ccc(C(O)c2ccsc2)s1. The van der Waals surface area contributed by atoms with E-state index in [9.17, 15) is 10.2 Å². The molecule has 19 heavy (non-hydrogen) atoms. The summed E-state index contributed by atoms with van der Waals surface area (Å²) < 4.78 is 0. The van der Waals surface area contributed by atoms with E-state index in [2.05, 4.69) is 0 Å². The lowest BCUT2D eigenvalue weighted by Gasteiger charge is -2.07. The lowest BCUT2D eigenvalue weighted by molar-refractivity contribution is 0.224. The lowest BCUT2D eigenvalue weighted by atomic mass is 10.1. The molecule has 0 saturated carbocycles. The fraction of sp³-hybridized carbons (Fsp3) is 0.143. The first kappa shape index (κ1) is 13.0. The van der Waals surface area contributed by atoms with E-state index in [1.54, 1.807) is 22.7 Å². The van der Waals surface area contributed by atoms with Crippen molar-refractivity contribution in [1.82, 2.24) is 0 Å². The molecule has 3 aromatic heterocycles.